The molecule has 1 heterocycles. The first-order valence-electron chi connectivity index (χ1n) is 8.51. The Labute approximate surface area is 144 Å². The van der Waals surface area contributed by atoms with E-state index in [1.54, 1.807) is 26.2 Å². The Balaban J connectivity index is 1.83. The van der Waals surface area contributed by atoms with E-state index in [0.29, 0.717) is 18.2 Å². The molecule has 1 aliphatic heterocycles. The molecular weight excluding hydrogens is 306 g/mol. The molecule has 134 valence electrons. The van der Waals surface area contributed by atoms with E-state index in [0.717, 1.165) is 18.8 Å². The van der Waals surface area contributed by atoms with E-state index in [4.69, 9.17) is 14.2 Å². The van der Waals surface area contributed by atoms with Crippen LogP contribution in [-0.2, 0) is 9.53 Å². The monoisotopic (exact) mass is 335 g/mol. The quantitative estimate of drug-likeness (QED) is 0.868. The van der Waals surface area contributed by atoms with Gasteiger partial charge >= 0.3 is 0 Å². The van der Waals surface area contributed by atoms with Gasteiger partial charge in [-0.15, -0.1) is 0 Å². The number of benzene rings is 1. The summed E-state index contributed by atoms with van der Waals surface area (Å²) in [5.41, 5.74) is 0.0805. The molecule has 0 spiro atoms. The lowest BCUT2D eigenvalue weighted by Crippen LogP contribution is -2.42. The predicted molar refractivity (Wildman–Crippen MR) is 93.4 cm³/mol. The first kappa shape index (κ1) is 18.6. The van der Waals surface area contributed by atoms with Gasteiger partial charge in [0.25, 0.3) is 5.91 Å². The molecule has 1 aliphatic rings. The highest BCUT2D eigenvalue weighted by Gasteiger charge is 2.37. The first-order valence-corrected chi connectivity index (χ1v) is 8.51. The van der Waals surface area contributed by atoms with Crippen LogP contribution in [0, 0.1) is 11.3 Å². The molecule has 24 heavy (non-hydrogen) atoms. The van der Waals surface area contributed by atoms with Gasteiger partial charge in [-0.25, -0.2) is 0 Å². The lowest BCUT2D eigenvalue weighted by atomic mass is 9.81. The number of carbonyl (C=O) groups is 1. The number of nitrogens with one attached hydrogen (secondary N) is 1. The molecule has 0 aliphatic carbocycles. The molecule has 0 radical (unpaired) electrons. The Kier molecular flexibility index (Phi) is 6.10. The Bertz CT molecular complexity index is 535. The van der Waals surface area contributed by atoms with Crippen molar-refractivity contribution in [3.05, 3.63) is 24.3 Å². The van der Waals surface area contributed by atoms with Crippen molar-refractivity contribution >= 4 is 5.91 Å². The van der Waals surface area contributed by atoms with Gasteiger partial charge in [-0.1, -0.05) is 20.8 Å². The van der Waals surface area contributed by atoms with Gasteiger partial charge in [-0.2, -0.15) is 0 Å². The van der Waals surface area contributed by atoms with Crippen molar-refractivity contribution in [3.8, 4) is 11.5 Å². The fourth-order valence-electron chi connectivity index (χ4n) is 3.09. The molecule has 5 heteroatoms. The number of ether oxygens (including phenoxy) is 3. The molecule has 1 aromatic carbocycles. The minimum atomic E-state index is -0.547. The van der Waals surface area contributed by atoms with Crippen LogP contribution >= 0.6 is 0 Å². The number of rotatable bonds is 6. The van der Waals surface area contributed by atoms with Gasteiger partial charge in [0.1, 0.15) is 11.5 Å². The smallest absolute Gasteiger partial charge is 0.260 e. The summed E-state index contributed by atoms with van der Waals surface area (Å²) in [6.45, 7) is 9.66. The average Bonchev–Trinajstić information content (AvgIpc) is 3.02. The largest absolute Gasteiger partial charge is 0.497 e. The Morgan fingerprint density at radius 1 is 1.29 bits per heavy atom. The Morgan fingerprint density at radius 3 is 2.50 bits per heavy atom. The van der Waals surface area contributed by atoms with E-state index in [1.165, 1.54) is 0 Å². The van der Waals surface area contributed by atoms with Crippen molar-refractivity contribution in [2.24, 2.45) is 11.3 Å². The van der Waals surface area contributed by atoms with Gasteiger partial charge in [0, 0.05) is 19.1 Å². The lowest BCUT2D eigenvalue weighted by molar-refractivity contribution is -0.127. The third kappa shape index (κ3) is 4.87. The number of hydrogen-bond donors (Lipinski definition) is 1. The molecule has 0 saturated carbocycles. The summed E-state index contributed by atoms with van der Waals surface area (Å²) in [6, 6.07) is 7.21. The Morgan fingerprint density at radius 2 is 1.92 bits per heavy atom. The molecule has 2 rings (SSSR count). The lowest BCUT2D eigenvalue weighted by Gasteiger charge is -2.31. The van der Waals surface area contributed by atoms with E-state index < -0.39 is 6.10 Å². The molecule has 3 atom stereocenters. The van der Waals surface area contributed by atoms with Crippen LogP contribution in [0.25, 0.3) is 0 Å². The van der Waals surface area contributed by atoms with Crippen LogP contribution in [0.2, 0.25) is 0 Å². The van der Waals surface area contributed by atoms with Crippen LogP contribution in [0.4, 0.5) is 0 Å². The van der Waals surface area contributed by atoms with Crippen molar-refractivity contribution in [3.63, 3.8) is 0 Å². The van der Waals surface area contributed by atoms with Gasteiger partial charge in [-0.3, -0.25) is 4.79 Å². The fourth-order valence-corrected chi connectivity index (χ4v) is 3.09. The van der Waals surface area contributed by atoms with Crippen LogP contribution in [0.15, 0.2) is 24.3 Å². The zero-order chi connectivity index (χ0) is 17.7. The van der Waals surface area contributed by atoms with Crippen molar-refractivity contribution < 1.29 is 19.0 Å². The van der Waals surface area contributed by atoms with Crippen molar-refractivity contribution in [1.29, 1.82) is 0 Å². The van der Waals surface area contributed by atoms with Crippen molar-refractivity contribution in [1.82, 2.24) is 5.32 Å². The standard InChI is InChI=1S/C19H29NO4/c1-13(24-16-8-6-15(22-5)7-9-16)18(21)20-12-14-10-11-23-17(14)19(2,3)4/h6-9,13-14,17H,10-12H2,1-5H3,(H,20,21). The highest BCUT2D eigenvalue weighted by molar-refractivity contribution is 5.80. The maximum Gasteiger partial charge on any atom is 0.260 e. The fraction of sp³-hybridized carbons (Fsp3) is 0.632. The number of methoxy groups -OCH3 is 1. The molecule has 1 aromatic rings. The minimum Gasteiger partial charge on any atom is -0.497 e. The van der Waals surface area contributed by atoms with Gasteiger partial charge in [-0.05, 0) is 43.0 Å². The topological polar surface area (TPSA) is 56.8 Å². The summed E-state index contributed by atoms with van der Waals surface area (Å²) in [7, 11) is 1.61. The highest BCUT2D eigenvalue weighted by atomic mass is 16.5. The van der Waals surface area contributed by atoms with Gasteiger partial charge < -0.3 is 19.5 Å². The third-order valence-corrected chi connectivity index (χ3v) is 4.35. The van der Waals surface area contributed by atoms with Crippen LogP contribution in [0.1, 0.15) is 34.1 Å². The molecule has 3 unspecified atom stereocenters. The van der Waals surface area contributed by atoms with E-state index >= 15 is 0 Å². The zero-order valence-corrected chi connectivity index (χ0v) is 15.3. The van der Waals surface area contributed by atoms with Crippen molar-refractivity contribution in [2.75, 3.05) is 20.3 Å². The van der Waals surface area contributed by atoms with Crippen LogP contribution < -0.4 is 14.8 Å². The van der Waals surface area contributed by atoms with Crippen LogP contribution in [-0.4, -0.2) is 38.4 Å². The van der Waals surface area contributed by atoms with Crippen molar-refractivity contribution in [2.45, 2.75) is 46.3 Å². The number of hydrogen-bond acceptors (Lipinski definition) is 4. The summed E-state index contributed by atoms with van der Waals surface area (Å²) >= 11 is 0. The minimum absolute atomic E-state index is 0.0805. The second-order valence-electron chi connectivity index (χ2n) is 7.39. The van der Waals surface area contributed by atoms with Crippen LogP contribution in [0.3, 0.4) is 0 Å². The van der Waals surface area contributed by atoms with E-state index in [2.05, 4.69) is 26.1 Å². The molecular formula is C19H29NO4. The van der Waals surface area contributed by atoms with E-state index in [-0.39, 0.29) is 17.4 Å². The maximum absolute atomic E-state index is 12.3. The number of amides is 1. The summed E-state index contributed by atoms with van der Waals surface area (Å²) < 4.78 is 16.6. The highest BCUT2D eigenvalue weighted by Crippen LogP contribution is 2.34. The normalized spacial score (nSPS) is 22.0. The van der Waals surface area contributed by atoms with Gasteiger partial charge in [0.05, 0.1) is 13.2 Å². The third-order valence-electron chi connectivity index (χ3n) is 4.35. The molecule has 0 aromatic heterocycles. The Hall–Kier alpha value is -1.75. The molecule has 1 saturated heterocycles. The summed E-state index contributed by atoms with van der Waals surface area (Å²) in [6.07, 6.45) is 0.611. The number of carbonyl (C=O) groups excluding carboxylic acids is 1. The summed E-state index contributed by atoms with van der Waals surface area (Å²) in [5.74, 6) is 1.65. The predicted octanol–water partition coefficient (Wildman–Crippen LogP) is 3.03. The maximum atomic E-state index is 12.3. The average molecular weight is 335 g/mol. The van der Waals surface area contributed by atoms with E-state index in [1.807, 2.05) is 12.1 Å². The second-order valence-corrected chi connectivity index (χ2v) is 7.39. The molecule has 0 bridgehead atoms. The SMILES string of the molecule is COc1ccc(OC(C)C(=O)NCC2CCOC2C(C)(C)C)cc1. The van der Waals surface area contributed by atoms with Gasteiger partial charge in [0.15, 0.2) is 6.10 Å². The molecule has 5 nitrogen and oxygen atoms in total. The summed E-state index contributed by atoms with van der Waals surface area (Å²) in [4.78, 5) is 12.3. The second kappa shape index (κ2) is 7.88. The first-order chi connectivity index (χ1) is 11.3. The van der Waals surface area contributed by atoms with E-state index in [9.17, 15) is 4.79 Å². The van der Waals surface area contributed by atoms with Gasteiger partial charge in [0.2, 0.25) is 0 Å². The zero-order valence-electron chi connectivity index (χ0n) is 15.3. The molecule has 1 N–H and O–H groups in total. The molecule has 1 fully saturated rings. The van der Waals surface area contributed by atoms with Crippen LogP contribution in [0.5, 0.6) is 11.5 Å². The summed E-state index contributed by atoms with van der Waals surface area (Å²) in [5, 5.41) is 3.00. The molecule has 1 amide bonds.